The maximum absolute atomic E-state index is 2.33. The van der Waals surface area contributed by atoms with Crippen LogP contribution in [0, 0.1) is 5.92 Å². The minimum Gasteiger partial charge on any atom is -0.0836 e. The normalized spacial score (nSPS) is 18.9. The Hall–Kier alpha value is -0.823. The summed E-state index contributed by atoms with van der Waals surface area (Å²) in [6, 6.07) is 9.19. The molecule has 1 aliphatic rings. The minimum atomic E-state index is 0.818. The maximum Gasteiger partial charge on any atom is 0.0384 e. The molecule has 1 saturated carbocycles. The molecular formula is C15H22Si. The largest absolute Gasteiger partial charge is 0.0836 e. The van der Waals surface area contributed by atoms with E-state index in [4.69, 9.17) is 0 Å². The van der Waals surface area contributed by atoms with Gasteiger partial charge in [0.15, 0.2) is 0 Å². The van der Waals surface area contributed by atoms with Gasteiger partial charge in [-0.1, -0.05) is 54.8 Å². The van der Waals surface area contributed by atoms with Crippen LogP contribution in [0.4, 0.5) is 0 Å². The molecule has 0 amide bonds. The number of allylic oxidation sites excluding steroid dienone is 2. The van der Waals surface area contributed by atoms with Crippen LogP contribution >= 0.6 is 0 Å². The molecule has 0 spiro atoms. The van der Waals surface area contributed by atoms with Gasteiger partial charge in [-0.25, -0.2) is 0 Å². The Morgan fingerprint density at radius 3 is 2.31 bits per heavy atom. The molecule has 86 valence electrons. The van der Waals surface area contributed by atoms with Gasteiger partial charge in [0.2, 0.25) is 0 Å². The van der Waals surface area contributed by atoms with Crippen LogP contribution < -0.4 is 5.19 Å². The molecule has 0 N–H and O–H groups in total. The summed E-state index contributed by atoms with van der Waals surface area (Å²) in [6.07, 6.45) is 9.39. The summed E-state index contributed by atoms with van der Waals surface area (Å²) in [6.45, 7) is 2.19. The van der Waals surface area contributed by atoms with Gasteiger partial charge in [0, 0.05) is 10.2 Å². The molecule has 0 nitrogen and oxygen atoms in total. The average Bonchev–Trinajstić information content (AvgIpc) is 2.34. The van der Waals surface area contributed by atoms with Gasteiger partial charge in [0.25, 0.3) is 0 Å². The molecule has 0 atom stereocenters. The van der Waals surface area contributed by atoms with Crippen LogP contribution in [0.1, 0.15) is 44.6 Å². The lowest BCUT2D eigenvalue weighted by Crippen LogP contribution is -2.09. The van der Waals surface area contributed by atoms with Crippen molar-refractivity contribution in [1.29, 1.82) is 0 Å². The molecule has 0 radical (unpaired) electrons. The fraction of sp³-hybridized carbons (Fsp3) is 0.467. The van der Waals surface area contributed by atoms with Gasteiger partial charge in [-0.3, -0.25) is 0 Å². The summed E-state index contributed by atoms with van der Waals surface area (Å²) in [5.74, 6) is 0.818. The van der Waals surface area contributed by atoms with Crippen molar-refractivity contribution in [3.8, 4) is 0 Å². The lowest BCUT2D eigenvalue weighted by Gasteiger charge is -2.24. The Kier molecular flexibility index (Phi) is 4.00. The van der Waals surface area contributed by atoms with Crippen molar-refractivity contribution in [2.45, 2.75) is 39.0 Å². The van der Waals surface area contributed by atoms with Crippen molar-refractivity contribution in [3.05, 3.63) is 35.9 Å². The van der Waals surface area contributed by atoms with E-state index in [0.717, 1.165) is 16.2 Å². The first kappa shape index (κ1) is 11.7. The second-order valence-corrected chi connectivity index (χ2v) is 6.10. The van der Waals surface area contributed by atoms with Gasteiger partial charge >= 0.3 is 0 Å². The van der Waals surface area contributed by atoms with Crippen molar-refractivity contribution >= 4 is 21.0 Å². The van der Waals surface area contributed by atoms with Crippen molar-refractivity contribution in [1.82, 2.24) is 0 Å². The van der Waals surface area contributed by atoms with Crippen molar-refractivity contribution < 1.29 is 0 Å². The number of benzene rings is 1. The van der Waals surface area contributed by atoms with Crippen LogP contribution in [-0.4, -0.2) is 10.2 Å². The van der Waals surface area contributed by atoms with Crippen LogP contribution in [0.3, 0.4) is 0 Å². The third kappa shape index (κ3) is 2.65. The van der Waals surface area contributed by atoms with Gasteiger partial charge in [0.1, 0.15) is 0 Å². The van der Waals surface area contributed by atoms with Crippen LogP contribution in [-0.2, 0) is 0 Å². The van der Waals surface area contributed by atoms with Gasteiger partial charge in [-0.2, -0.15) is 0 Å². The molecule has 16 heavy (non-hydrogen) atoms. The van der Waals surface area contributed by atoms with Gasteiger partial charge in [-0.05, 0) is 36.8 Å². The highest BCUT2D eigenvalue weighted by molar-refractivity contribution is 6.32. The molecule has 0 bridgehead atoms. The van der Waals surface area contributed by atoms with Crippen molar-refractivity contribution in [3.63, 3.8) is 0 Å². The number of hydrogen-bond donors (Lipinski definition) is 0. The number of hydrogen-bond acceptors (Lipinski definition) is 0. The fourth-order valence-electron chi connectivity index (χ4n) is 2.80. The zero-order chi connectivity index (χ0) is 11.4. The molecule has 0 aromatic heterocycles. The fourth-order valence-corrected chi connectivity index (χ4v) is 3.13. The summed E-state index contributed by atoms with van der Waals surface area (Å²) in [4.78, 5) is 0. The average molecular weight is 230 g/mol. The van der Waals surface area contributed by atoms with E-state index in [2.05, 4.69) is 37.3 Å². The number of rotatable bonds is 2. The molecular weight excluding hydrogens is 208 g/mol. The molecule has 1 aromatic carbocycles. The Morgan fingerprint density at radius 2 is 1.75 bits per heavy atom. The topological polar surface area (TPSA) is 0 Å². The van der Waals surface area contributed by atoms with Crippen molar-refractivity contribution in [2.75, 3.05) is 0 Å². The van der Waals surface area contributed by atoms with E-state index < -0.39 is 0 Å². The van der Waals surface area contributed by atoms with Crippen LogP contribution in [0.5, 0.6) is 0 Å². The second-order valence-electron chi connectivity index (χ2n) is 4.94. The summed E-state index contributed by atoms with van der Waals surface area (Å²) in [5, 5.41) is 1.49. The predicted molar refractivity (Wildman–Crippen MR) is 76.2 cm³/mol. The Labute approximate surface area is 102 Å². The third-order valence-electron chi connectivity index (χ3n) is 3.74. The SMILES string of the molecule is C/C=C(\c1ccc([SiH3])cc1)C1CCCCC1. The van der Waals surface area contributed by atoms with Crippen LogP contribution in [0.25, 0.3) is 5.57 Å². The summed E-state index contributed by atoms with van der Waals surface area (Å²) >= 11 is 0. The van der Waals surface area contributed by atoms with Crippen molar-refractivity contribution in [2.24, 2.45) is 5.92 Å². The molecule has 1 aliphatic carbocycles. The smallest absolute Gasteiger partial charge is 0.0384 e. The monoisotopic (exact) mass is 230 g/mol. The van der Waals surface area contributed by atoms with Crippen LogP contribution in [0.2, 0.25) is 0 Å². The Balaban J connectivity index is 2.18. The molecule has 1 fully saturated rings. The second kappa shape index (κ2) is 5.49. The molecule has 1 aromatic rings. The zero-order valence-electron chi connectivity index (χ0n) is 10.5. The molecule has 0 unspecified atom stereocenters. The van der Waals surface area contributed by atoms with E-state index in [1.807, 2.05) is 0 Å². The Bertz CT molecular complexity index is 356. The first-order valence-electron chi connectivity index (χ1n) is 6.54. The Morgan fingerprint density at radius 1 is 1.12 bits per heavy atom. The third-order valence-corrected chi connectivity index (χ3v) is 4.41. The van der Waals surface area contributed by atoms with E-state index in [-0.39, 0.29) is 0 Å². The highest BCUT2D eigenvalue weighted by Gasteiger charge is 2.18. The van der Waals surface area contributed by atoms with E-state index in [9.17, 15) is 0 Å². The summed E-state index contributed by atoms with van der Waals surface area (Å²) < 4.78 is 0. The quantitative estimate of drug-likeness (QED) is 0.685. The molecule has 0 aliphatic heterocycles. The van der Waals surface area contributed by atoms with E-state index in [0.29, 0.717) is 0 Å². The highest BCUT2D eigenvalue weighted by Crippen LogP contribution is 2.34. The standard InChI is InChI=1S/C15H22Si/c1-2-15(12-6-4-3-5-7-12)13-8-10-14(16)11-9-13/h2,8-12H,3-7H2,1,16H3/b15-2-. The molecule has 1 heteroatoms. The lowest BCUT2D eigenvalue weighted by atomic mass is 9.81. The van der Waals surface area contributed by atoms with Crippen LogP contribution in [0.15, 0.2) is 30.3 Å². The maximum atomic E-state index is 2.33. The molecule has 0 heterocycles. The minimum absolute atomic E-state index is 0.818. The highest BCUT2D eigenvalue weighted by atomic mass is 28.1. The van der Waals surface area contributed by atoms with E-state index in [1.165, 1.54) is 42.9 Å². The first-order chi connectivity index (χ1) is 7.81. The predicted octanol–water partition coefficient (Wildman–Crippen LogP) is 2.66. The van der Waals surface area contributed by atoms with Gasteiger partial charge in [-0.15, -0.1) is 0 Å². The summed E-state index contributed by atoms with van der Waals surface area (Å²) in [7, 11) is 1.16. The van der Waals surface area contributed by atoms with E-state index >= 15 is 0 Å². The van der Waals surface area contributed by atoms with Gasteiger partial charge < -0.3 is 0 Å². The summed E-state index contributed by atoms with van der Waals surface area (Å²) in [5.41, 5.74) is 3.04. The van der Waals surface area contributed by atoms with E-state index in [1.54, 1.807) is 5.57 Å². The molecule has 2 rings (SSSR count). The van der Waals surface area contributed by atoms with Gasteiger partial charge in [0.05, 0.1) is 0 Å². The first-order valence-corrected chi connectivity index (χ1v) is 7.54. The molecule has 0 saturated heterocycles. The zero-order valence-corrected chi connectivity index (χ0v) is 12.5. The lowest BCUT2D eigenvalue weighted by molar-refractivity contribution is 0.429.